The minimum absolute atomic E-state index is 0.483. The Morgan fingerprint density at radius 2 is 1.93 bits per heavy atom. The molecule has 0 amide bonds. The maximum atomic E-state index is 11.2. The van der Waals surface area contributed by atoms with Crippen molar-refractivity contribution in [2.45, 2.75) is 6.04 Å². The van der Waals surface area contributed by atoms with E-state index in [1.807, 2.05) is 11.0 Å². The Bertz CT molecular complexity index is 340. The molecule has 86 valence electrons. The van der Waals surface area contributed by atoms with E-state index < -0.39 is 16.1 Å². The Labute approximate surface area is 90.3 Å². The van der Waals surface area contributed by atoms with Gasteiger partial charge < -0.3 is 5.73 Å². The lowest BCUT2D eigenvalue weighted by Gasteiger charge is -2.33. The van der Waals surface area contributed by atoms with Crippen LogP contribution in [0.1, 0.15) is 0 Å². The summed E-state index contributed by atoms with van der Waals surface area (Å²) in [4.78, 5) is 2.01. The molecule has 1 saturated heterocycles. The molecule has 1 fully saturated rings. The SMILES string of the molecule is CS(=O)(=O)N1CCN(CC(N)C#N)CC1. The number of nitrogens with two attached hydrogens (primary N) is 1. The van der Waals surface area contributed by atoms with Gasteiger partial charge in [0.25, 0.3) is 0 Å². The van der Waals surface area contributed by atoms with Crippen LogP contribution >= 0.6 is 0 Å². The van der Waals surface area contributed by atoms with Crippen molar-refractivity contribution in [1.82, 2.24) is 9.21 Å². The van der Waals surface area contributed by atoms with E-state index in [9.17, 15) is 8.42 Å². The number of nitrogens with zero attached hydrogens (tertiary/aromatic N) is 3. The fourth-order valence-corrected chi connectivity index (χ4v) is 2.39. The van der Waals surface area contributed by atoms with Crippen molar-refractivity contribution in [3.8, 4) is 6.07 Å². The first-order valence-electron chi connectivity index (χ1n) is 4.76. The molecule has 0 aromatic heterocycles. The molecule has 0 saturated carbocycles. The van der Waals surface area contributed by atoms with Crippen LogP contribution in [0.15, 0.2) is 0 Å². The summed E-state index contributed by atoms with van der Waals surface area (Å²) in [5.41, 5.74) is 5.49. The van der Waals surface area contributed by atoms with Crippen molar-refractivity contribution in [3.05, 3.63) is 0 Å². The lowest BCUT2D eigenvalue weighted by atomic mass is 10.3. The van der Waals surface area contributed by atoms with E-state index in [2.05, 4.69) is 0 Å². The minimum Gasteiger partial charge on any atom is -0.315 e. The van der Waals surface area contributed by atoms with Gasteiger partial charge in [-0.15, -0.1) is 0 Å². The molecular formula is C8H16N4O2S. The zero-order valence-electron chi connectivity index (χ0n) is 8.76. The van der Waals surface area contributed by atoms with Crippen molar-refractivity contribution in [3.63, 3.8) is 0 Å². The molecule has 0 aliphatic carbocycles. The summed E-state index contributed by atoms with van der Waals surface area (Å²) < 4.78 is 23.8. The first-order valence-corrected chi connectivity index (χ1v) is 6.61. The summed E-state index contributed by atoms with van der Waals surface area (Å²) in [6.45, 7) is 2.76. The van der Waals surface area contributed by atoms with E-state index in [0.29, 0.717) is 32.7 Å². The molecule has 0 bridgehead atoms. The van der Waals surface area contributed by atoms with E-state index in [-0.39, 0.29) is 0 Å². The van der Waals surface area contributed by atoms with Crippen LogP contribution in [-0.4, -0.2) is 62.6 Å². The smallest absolute Gasteiger partial charge is 0.211 e. The summed E-state index contributed by atoms with van der Waals surface area (Å²) in [5.74, 6) is 0. The van der Waals surface area contributed by atoms with Gasteiger partial charge in [-0.1, -0.05) is 0 Å². The zero-order valence-corrected chi connectivity index (χ0v) is 9.57. The van der Waals surface area contributed by atoms with Gasteiger partial charge in [0.2, 0.25) is 10.0 Å². The highest BCUT2D eigenvalue weighted by molar-refractivity contribution is 7.88. The molecular weight excluding hydrogens is 216 g/mol. The summed E-state index contributed by atoms with van der Waals surface area (Å²) >= 11 is 0. The number of nitriles is 1. The quantitative estimate of drug-likeness (QED) is 0.634. The summed E-state index contributed by atoms with van der Waals surface area (Å²) in [7, 11) is -3.07. The Kier molecular flexibility index (Phi) is 4.04. The van der Waals surface area contributed by atoms with Crippen LogP contribution in [0, 0.1) is 11.3 Å². The topological polar surface area (TPSA) is 90.4 Å². The standard InChI is InChI=1S/C8H16N4O2S/c1-15(13,14)12-4-2-11(3-5-12)7-8(10)6-9/h8H,2-5,7,10H2,1H3. The Morgan fingerprint density at radius 3 is 2.33 bits per heavy atom. The fraction of sp³-hybridized carbons (Fsp3) is 0.875. The second-order valence-corrected chi connectivity index (χ2v) is 5.68. The van der Waals surface area contributed by atoms with Crippen molar-refractivity contribution in [2.24, 2.45) is 5.73 Å². The first-order chi connectivity index (χ1) is 6.93. The van der Waals surface area contributed by atoms with Gasteiger partial charge in [-0.2, -0.15) is 9.57 Å². The van der Waals surface area contributed by atoms with Crippen LogP contribution in [0.2, 0.25) is 0 Å². The van der Waals surface area contributed by atoms with Gasteiger partial charge in [0.15, 0.2) is 0 Å². The summed E-state index contributed by atoms with van der Waals surface area (Å²) in [5, 5.41) is 8.54. The lowest BCUT2D eigenvalue weighted by molar-refractivity contribution is 0.186. The molecule has 7 heteroatoms. The molecule has 1 atom stereocenters. The number of hydrogen-bond donors (Lipinski definition) is 1. The van der Waals surface area contributed by atoms with Crippen LogP contribution in [0.3, 0.4) is 0 Å². The molecule has 0 aromatic rings. The van der Waals surface area contributed by atoms with Crippen molar-refractivity contribution < 1.29 is 8.42 Å². The Balaban J connectivity index is 2.40. The predicted molar refractivity (Wildman–Crippen MR) is 56.4 cm³/mol. The van der Waals surface area contributed by atoms with E-state index in [4.69, 9.17) is 11.0 Å². The molecule has 1 aliphatic heterocycles. The number of sulfonamides is 1. The maximum Gasteiger partial charge on any atom is 0.211 e. The second kappa shape index (κ2) is 4.90. The van der Waals surface area contributed by atoms with Gasteiger partial charge in [-0.3, -0.25) is 4.90 Å². The summed E-state index contributed by atoms with van der Waals surface area (Å²) in [6, 6.07) is 1.47. The van der Waals surface area contributed by atoms with Gasteiger partial charge in [0.05, 0.1) is 12.3 Å². The van der Waals surface area contributed by atoms with Gasteiger partial charge in [0.1, 0.15) is 6.04 Å². The van der Waals surface area contributed by atoms with Gasteiger partial charge >= 0.3 is 0 Å². The van der Waals surface area contributed by atoms with E-state index in [1.54, 1.807) is 0 Å². The maximum absolute atomic E-state index is 11.2. The third-order valence-corrected chi connectivity index (χ3v) is 3.72. The molecule has 0 radical (unpaired) electrons. The largest absolute Gasteiger partial charge is 0.315 e. The Morgan fingerprint density at radius 1 is 1.40 bits per heavy atom. The molecule has 6 nitrogen and oxygen atoms in total. The Hall–Kier alpha value is -0.680. The molecule has 0 aromatic carbocycles. The second-order valence-electron chi connectivity index (χ2n) is 3.70. The van der Waals surface area contributed by atoms with Crippen LogP contribution in [-0.2, 0) is 10.0 Å². The highest BCUT2D eigenvalue weighted by atomic mass is 32.2. The van der Waals surface area contributed by atoms with Crippen LogP contribution < -0.4 is 5.73 Å². The highest BCUT2D eigenvalue weighted by Crippen LogP contribution is 2.05. The molecule has 1 rings (SSSR count). The van der Waals surface area contributed by atoms with Gasteiger partial charge in [0, 0.05) is 32.7 Å². The number of piperazine rings is 1. The summed E-state index contributed by atoms with van der Waals surface area (Å²) in [6.07, 6.45) is 1.21. The van der Waals surface area contributed by atoms with E-state index in [1.165, 1.54) is 10.6 Å². The average molecular weight is 232 g/mol. The van der Waals surface area contributed by atoms with Gasteiger partial charge in [-0.25, -0.2) is 8.42 Å². The predicted octanol–water partition coefficient (Wildman–Crippen LogP) is -1.59. The first kappa shape index (κ1) is 12.4. The lowest BCUT2D eigenvalue weighted by Crippen LogP contribution is -2.50. The third-order valence-electron chi connectivity index (χ3n) is 2.42. The van der Waals surface area contributed by atoms with Crippen LogP contribution in [0.25, 0.3) is 0 Å². The molecule has 1 unspecified atom stereocenters. The van der Waals surface area contributed by atoms with E-state index in [0.717, 1.165) is 0 Å². The fourth-order valence-electron chi connectivity index (χ4n) is 1.56. The van der Waals surface area contributed by atoms with Crippen molar-refractivity contribution >= 4 is 10.0 Å². The van der Waals surface area contributed by atoms with E-state index >= 15 is 0 Å². The normalized spacial score (nSPS) is 22.2. The number of hydrogen-bond acceptors (Lipinski definition) is 5. The molecule has 15 heavy (non-hydrogen) atoms. The molecule has 1 heterocycles. The van der Waals surface area contributed by atoms with Crippen LogP contribution in [0.5, 0.6) is 0 Å². The third kappa shape index (κ3) is 3.76. The van der Waals surface area contributed by atoms with Crippen molar-refractivity contribution in [1.29, 1.82) is 5.26 Å². The molecule has 2 N–H and O–H groups in total. The monoisotopic (exact) mass is 232 g/mol. The number of rotatable bonds is 3. The van der Waals surface area contributed by atoms with Crippen molar-refractivity contribution in [2.75, 3.05) is 39.0 Å². The van der Waals surface area contributed by atoms with Crippen LogP contribution in [0.4, 0.5) is 0 Å². The minimum atomic E-state index is -3.07. The zero-order chi connectivity index (χ0) is 11.5. The highest BCUT2D eigenvalue weighted by Gasteiger charge is 2.23. The molecule has 1 aliphatic rings. The molecule has 0 spiro atoms. The van der Waals surface area contributed by atoms with Gasteiger partial charge in [-0.05, 0) is 0 Å². The average Bonchev–Trinajstić information content (AvgIpc) is 2.17.